The number of halogens is 2. The van der Waals surface area contributed by atoms with Crippen LogP contribution in [0.3, 0.4) is 0 Å². The smallest absolute Gasteiger partial charge is 0.251 e. The predicted molar refractivity (Wildman–Crippen MR) is 93.2 cm³/mol. The van der Waals surface area contributed by atoms with Gasteiger partial charge in [0.1, 0.15) is 12.4 Å². The van der Waals surface area contributed by atoms with Crippen LogP contribution in [0.15, 0.2) is 42.5 Å². The maximum absolute atomic E-state index is 13.3. The van der Waals surface area contributed by atoms with E-state index < -0.39 is 17.7 Å². The molecule has 0 aromatic heterocycles. The molecule has 2 atom stereocenters. The molecule has 0 spiro atoms. The van der Waals surface area contributed by atoms with Crippen molar-refractivity contribution in [2.45, 2.75) is 31.9 Å². The van der Waals surface area contributed by atoms with E-state index in [0.29, 0.717) is 23.5 Å². The summed E-state index contributed by atoms with van der Waals surface area (Å²) in [6, 6.07) is 9.92. The highest BCUT2D eigenvalue weighted by atomic mass is 19.2. The number of carbonyl (C=O) groups excluding carboxylic acids is 1. The Labute approximate surface area is 151 Å². The molecule has 0 aliphatic carbocycles. The molecule has 0 bridgehead atoms. The van der Waals surface area contributed by atoms with E-state index in [2.05, 4.69) is 5.32 Å². The molecule has 1 amide bonds. The van der Waals surface area contributed by atoms with Gasteiger partial charge < -0.3 is 14.8 Å². The number of amides is 1. The van der Waals surface area contributed by atoms with Crippen molar-refractivity contribution < 1.29 is 23.0 Å². The van der Waals surface area contributed by atoms with Gasteiger partial charge in [-0.3, -0.25) is 4.79 Å². The summed E-state index contributed by atoms with van der Waals surface area (Å²) >= 11 is 0. The van der Waals surface area contributed by atoms with Crippen LogP contribution in [0.4, 0.5) is 8.78 Å². The fraction of sp³-hybridized carbons (Fsp3) is 0.350. The monoisotopic (exact) mass is 361 g/mol. The third-order valence-corrected chi connectivity index (χ3v) is 4.37. The van der Waals surface area contributed by atoms with Crippen LogP contribution in [0, 0.1) is 11.6 Å². The van der Waals surface area contributed by atoms with Gasteiger partial charge in [-0.25, -0.2) is 8.78 Å². The Hall–Kier alpha value is -2.47. The van der Waals surface area contributed by atoms with Gasteiger partial charge in [0, 0.05) is 12.2 Å². The van der Waals surface area contributed by atoms with Crippen LogP contribution in [0.25, 0.3) is 0 Å². The Balaban J connectivity index is 1.55. The summed E-state index contributed by atoms with van der Waals surface area (Å²) in [5.74, 6) is -1.47. The average Bonchev–Trinajstić information content (AvgIpc) is 3.16. The van der Waals surface area contributed by atoms with Crippen LogP contribution in [0.2, 0.25) is 0 Å². The number of ether oxygens (including phenoxy) is 2. The van der Waals surface area contributed by atoms with Gasteiger partial charge in [0.05, 0.1) is 12.1 Å². The summed E-state index contributed by atoms with van der Waals surface area (Å²) in [5.41, 5.74) is 0.956. The maximum atomic E-state index is 13.3. The zero-order valence-corrected chi connectivity index (χ0v) is 14.5. The van der Waals surface area contributed by atoms with Crippen molar-refractivity contribution in [3.05, 3.63) is 65.2 Å². The summed E-state index contributed by atoms with van der Waals surface area (Å²) in [4.78, 5) is 12.3. The van der Waals surface area contributed by atoms with Crippen molar-refractivity contribution in [3.8, 4) is 5.75 Å². The van der Waals surface area contributed by atoms with Crippen LogP contribution in [0.5, 0.6) is 5.75 Å². The zero-order chi connectivity index (χ0) is 18.5. The molecule has 1 saturated heterocycles. The van der Waals surface area contributed by atoms with E-state index >= 15 is 0 Å². The van der Waals surface area contributed by atoms with Gasteiger partial charge in [-0.15, -0.1) is 0 Å². The molecule has 2 aromatic rings. The second-order valence-electron chi connectivity index (χ2n) is 6.34. The normalized spacial score (nSPS) is 17.7. The average molecular weight is 361 g/mol. The van der Waals surface area contributed by atoms with Gasteiger partial charge in [-0.1, -0.05) is 6.07 Å². The lowest BCUT2D eigenvalue weighted by atomic mass is 10.1. The molecule has 6 heteroatoms. The molecular weight excluding hydrogens is 340 g/mol. The Morgan fingerprint density at radius 1 is 1.23 bits per heavy atom. The number of benzene rings is 2. The molecule has 0 saturated carbocycles. The topological polar surface area (TPSA) is 47.6 Å². The van der Waals surface area contributed by atoms with Gasteiger partial charge in [0.25, 0.3) is 5.91 Å². The van der Waals surface area contributed by atoms with Crippen molar-refractivity contribution in [1.82, 2.24) is 5.32 Å². The lowest BCUT2D eigenvalue weighted by Gasteiger charge is -2.15. The van der Waals surface area contributed by atoms with E-state index in [1.165, 1.54) is 6.07 Å². The first-order chi connectivity index (χ1) is 12.5. The molecule has 1 heterocycles. The summed E-state index contributed by atoms with van der Waals surface area (Å²) in [6.07, 6.45) is 2.20. The predicted octanol–water partition coefficient (Wildman–Crippen LogP) is 4.01. The second-order valence-corrected chi connectivity index (χ2v) is 6.34. The summed E-state index contributed by atoms with van der Waals surface area (Å²) < 4.78 is 37.5. The molecule has 4 nitrogen and oxygen atoms in total. The van der Waals surface area contributed by atoms with Crippen molar-refractivity contribution in [1.29, 1.82) is 0 Å². The highest BCUT2D eigenvalue weighted by Gasteiger charge is 2.16. The van der Waals surface area contributed by atoms with Crippen LogP contribution in [-0.2, 0) is 4.74 Å². The van der Waals surface area contributed by atoms with E-state index in [9.17, 15) is 13.6 Å². The first-order valence-electron chi connectivity index (χ1n) is 8.63. The van der Waals surface area contributed by atoms with E-state index in [1.807, 2.05) is 0 Å². The van der Waals surface area contributed by atoms with E-state index in [-0.39, 0.29) is 12.0 Å². The summed E-state index contributed by atoms with van der Waals surface area (Å²) in [5, 5.41) is 2.77. The van der Waals surface area contributed by atoms with Gasteiger partial charge in [-0.2, -0.15) is 0 Å². The van der Waals surface area contributed by atoms with E-state index in [0.717, 1.165) is 31.6 Å². The fourth-order valence-corrected chi connectivity index (χ4v) is 2.81. The van der Waals surface area contributed by atoms with E-state index in [4.69, 9.17) is 9.47 Å². The van der Waals surface area contributed by atoms with Gasteiger partial charge >= 0.3 is 0 Å². The van der Waals surface area contributed by atoms with Crippen molar-refractivity contribution in [3.63, 3.8) is 0 Å². The molecule has 1 aliphatic rings. The highest BCUT2D eigenvalue weighted by Crippen LogP contribution is 2.19. The SMILES string of the molecule is CC(NC(=O)c1ccc(OCC2CCCO2)cc1)c1ccc(F)c(F)c1. The Morgan fingerprint density at radius 2 is 2.00 bits per heavy atom. The zero-order valence-electron chi connectivity index (χ0n) is 14.5. The maximum Gasteiger partial charge on any atom is 0.251 e. The number of hydrogen-bond acceptors (Lipinski definition) is 3. The quantitative estimate of drug-likeness (QED) is 0.846. The van der Waals surface area contributed by atoms with Crippen LogP contribution in [-0.4, -0.2) is 25.2 Å². The number of carbonyl (C=O) groups is 1. The highest BCUT2D eigenvalue weighted by molar-refractivity contribution is 5.94. The standard InChI is InChI=1S/C20H21F2NO3/c1-13(15-6-9-18(21)19(22)11-15)23-20(24)14-4-7-16(8-5-14)26-12-17-3-2-10-25-17/h4-9,11,13,17H,2-3,10,12H2,1H3,(H,23,24). The van der Waals surface area contributed by atoms with Crippen molar-refractivity contribution in [2.75, 3.05) is 13.2 Å². The Morgan fingerprint density at radius 3 is 2.65 bits per heavy atom. The first kappa shape index (κ1) is 18.3. The minimum atomic E-state index is -0.934. The van der Waals surface area contributed by atoms with Crippen LogP contribution >= 0.6 is 0 Å². The van der Waals surface area contributed by atoms with Crippen molar-refractivity contribution >= 4 is 5.91 Å². The molecule has 1 fully saturated rings. The molecule has 1 aliphatic heterocycles. The lowest BCUT2D eigenvalue weighted by molar-refractivity contribution is 0.0679. The lowest BCUT2D eigenvalue weighted by Crippen LogP contribution is -2.26. The van der Waals surface area contributed by atoms with E-state index in [1.54, 1.807) is 31.2 Å². The molecule has 138 valence electrons. The largest absolute Gasteiger partial charge is 0.491 e. The first-order valence-corrected chi connectivity index (χ1v) is 8.63. The molecule has 2 aromatic carbocycles. The molecule has 26 heavy (non-hydrogen) atoms. The van der Waals surface area contributed by atoms with Crippen LogP contribution < -0.4 is 10.1 Å². The minimum Gasteiger partial charge on any atom is -0.491 e. The number of rotatable bonds is 6. The fourth-order valence-electron chi connectivity index (χ4n) is 2.81. The molecular formula is C20H21F2NO3. The summed E-state index contributed by atoms with van der Waals surface area (Å²) in [7, 11) is 0. The third kappa shape index (κ3) is 4.58. The molecule has 2 unspecified atom stereocenters. The van der Waals surface area contributed by atoms with Gasteiger partial charge in [-0.05, 0) is 61.7 Å². The van der Waals surface area contributed by atoms with Crippen LogP contribution in [0.1, 0.15) is 41.7 Å². The van der Waals surface area contributed by atoms with Gasteiger partial charge in [0.2, 0.25) is 0 Å². The minimum absolute atomic E-state index is 0.134. The second kappa shape index (κ2) is 8.27. The Bertz CT molecular complexity index is 758. The molecule has 1 N–H and O–H groups in total. The van der Waals surface area contributed by atoms with Crippen molar-refractivity contribution in [2.24, 2.45) is 0 Å². The van der Waals surface area contributed by atoms with Gasteiger partial charge in [0.15, 0.2) is 11.6 Å². The third-order valence-electron chi connectivity index (χ3n) is 4.37. The molecule has 0 radical (unpaired) electrons. The number of hydrogen-bond donors (Lipinski definition) is 1. The summed E-state index contributed by atoms with van der Waals surface area (Å²) in [6.45, 7) is 2.99. The Kier molecular flexibility index (Phi) is 5.83. The molecule has 3 rings (SSSR count). The number of nitrogens with one attached hydrogen (secondary N) is 1.